The smallest absolute Gasteiger partial charge is 0.261 e. The van der Waals surface area contributed by atoms with Gasteiger partial charge in [-0.25, -0.2) is 4.98 Å². The van der Waals surface area contributed by atoms with Crippen LogP contribution in [-0.4, -0.2) is 35.4 Å². The average Bonchev–Trinajstić information content (AvgIpc) is 3.20. The third kappa shape index (κ3) is 4.80. The molecular weight excluding hydrogens is 438 g/mol. The molecule has 1 amide bonds. The second-order valence-corrected chi connectivity index (χ2v) is 10.2. The molecule has 1 fully saturated rings. The third-order valence-corrected chi connectivity index (χ3v) is 7.51. The van der Waals surface area contributed by atoms with Crippen molar-refractivity contribution in [2.24, 2.45) is 5.92 Å². The van der Waals surface area contributed by atoms with Crippen molar-refractivity contribution in [1.29, 1.82) is 0 Å². The number of piperidine rings is 1. The molecule has 0 radical (unpaired) electrons. The zero-order chi connectivity index (χ0) is 22.1. The molecule has 0 saturated carbocycles. The molecule has 0 unspecified atom stereocenters. The van der Waals surface area contributed by atoms with E-state index in [4.69, 9.17) is 16.6 Å². The van der Waals surface area contributed by atoms with Crippen LogP contribution in [0, 0.1) is 12.8 Å². The number of nitrogens with zero attached hydrogens (tertiary/aromatic N) is 2. The number of benzene rings is 2. The molecule has 2 aromatic carbocycles. The van der Waals surface area contributed by atoms with E-state index in [0.29, 0.717) is 5.92 Å². The summed E-state index contributed by atoms with van der Waals surface area (Å²) in [4.78, 5) is 21.7. The lowest BCUT2D eigenvalue weighted by molar-refractivity contribution is 0.0939. The summed E-state index contributed by atoms with van der Waals surface area (Å²) in [6.07, 6.45) is 2.19. The molecule has 1 aliphatic rings. The van der Waals surface area contributed by atoms with Gasteiger partial charge in [0, 0.05) is 28.9 Å². The molecule has 1 N–H and O–H groups in total. The summed E-state index contributed by atoms with van der Waals surface area (Å²) in [5, 5.41) is 6.10. The summed E-state index contributed by atoms with van der Waals surface area (Å²) in [6.45, 7) is 5.84. The largest absolute Gasteiger partial charge is 0.351 e. The summed E-state index contributed by atoms with van der Waals surface area (Å²) in [7, 11) is 0. The van der Waals surface area contributed by atoms with Crippen LogP contribution in [0.25, 0.3) is 21.1 Å². The molecule has 2 aromatic heterocycles. The lowest BCUT2D eigenvalue weighted by Gasteiger charge is -2.32. The van der Waals surface area contributed by atoms with Crippen molar-refractivity contribution in [1.82, 2.24) is 15.2 Å². The number of carbonyl (C=O) groups excluding carboxylic acids is 1. The Hall–Kier alpha value is -2.47. The highest BCUT2D eigenvalue weighted by Gasteiger charge is 2.21. The fourth-order valence-electron chi connectivity index (χ4n) is 4.43. The van der Waals surface area contributed by atoms with E-state index in [-0.39, 0.29) is 5.91 Å². The van der Waals surface area contributed by atoms with Crippen LogP contribution in [0.1, 0.15) is 33.6 Å². The summed E-state index contributed by atoms with van der Waals surface area (Å²) >= 11 is 7.58. The lowest BCUT2D eigenvalue weighted by Crippen LogP contribution is -2.38. The predicted octanol–water partition coefficient (Wildman–Crippen LogP) is 6.05. The van der Waals surface area contributed by atoms with Crippen LogP contribution in [-0.2, 0) is 6.54 Å². The maximum Gasteiger partial charge on any atom is 0.261 e. The Morgan fingerprint density at radius 1 is 1.12 bits per heavy atom. The summed E-state index contributed by atoms with van der Waals surface area (Å²) < 4.78 is 0. The molecule has 0 atom stereocenters. The van der Waals surface area contributed by atoms with Crippen LogP contribution >= 0.6 is 22.9 Å². The SMILES string of the molecule is Cc1ccc2nc3sc(C(=O)NCC4CCN(Cc5cccc(Cl)c5)CC4)cc3cc2c1. The van der Waals surface area contributed by atoms with Gasteiger partial charge in [-0.3, -0.25) is 9.69 Å². The van der Waals surface area contributed by atoms with Crippen molar-refractivity contribution in [3.8, 4) is 0 Å². The number of nitrogens with one attached hydrogen (secondary N) is 1. The number of thiophene rings is 1. The molecule has 1 saturated heterocycles. The number of aryl methyl sites for hydroxylation is 1. The minimum Gasteiger partial charge on any atom is -0.351 e. The number of halogens is 1. The third-order valence-electron chi connectivity index (χ3n) is 6.23. The average molecular weight is 464 g/mol. The Morgan fingerprint density at radius 3 is 2.78 bits per heavy atom. The molecule has 164 valence electrons. The summed E-state index contributed by atoms with van der Waals surface area (Å²) in [5.74, 6) is 0.530. The zero-order valence-corrected chi connectivity index (χ0v) is 19.7. The van der Waals surface area contributed by atoms with Crippen LogP contribution < -0.4 is 5.32 Å². The van der Waals surface area contributed by atoms with Crippen LogP contribution in [0.2, 0.25) is 5.02 Å². The van der Waals surface area contributed by atoms with Gasteiger partial charge in [0.15, 0.2) is 0 Å². The first-order valence-electron chi connectivity index (χ1n) is 11.1. The molecule has 0 aliphatic carbocycles. The normalized spacial score (nSPS) is 15.4. The molecule has 3 heterocycles. The summed E-state index contributed by atoms with van der Waals surface area (Å²) in [5.41, 5.74) is 3.44. The van der Waals surface area contributed by atoms with Crippen LogP contribution in [0.4, 0.5) is 0 Å². The van der Waals surface area contributed by atoms with E-state index >= 15 is 0 Å². The van der Waals surface area contributed by atoms with Crippen LogP contribution in [0.15, 0.2) is 54.6 Å². The van der Waals surface area contributed by atoms with Crippen LogP contribution in [0.5, 0.6) is 0 Å². The van der Waals surface area contributed by atoms with Crippen LogP contribution in [0.3, 0.4) is 0 Å². The number of carbonyl (C=O) groups is 1. The highest BCUT2D eigenvalue weighted by atomic mass is 35.5. The first-order valence-corrected chi connectivity index (χ1v) is 12.3. The van der Waals surface area contributed by atoms with E-state index in [9.17, 15) is 4.79 Å². The zero-order valence-electron chi connectivity index (χ0n) is 18.1. The minimum absolute atomic E-state index is 0.00888. The first kappa shape index (κ1) is 21.4. The number of pyridine rings is 1. The standard InChI is InChI=1S/C26H26ClN3OS/c1-17-5-6-23-20(11-17)13-21-14-24(32-26(21)29-23)25(31)28-15-18-7-9-30(10-8-18)16-19-3-2-4-22(27)12-19/h2-6,11-14,18H,7-10,15-16H2,1H3,(H,28,31). The molecule has 0 spiro atoms. The number of hydrogen-bond donors (Lipinski definition) is 1. The second-order valence-electron chi connectivity index (χ2n) is 8.75. The van der Waals surface area contributed by atoms with Gasteiger partial charge in [-0.05, 0) is 80.7 Å². The Bertz CT molecular complexity index is 1280. The highest BCUT2D eigenvalue weighted by molar-refractivity contribution is 7.20. The van der Waals surface area contributed by atoms with Gasteiger partial charge in [-0.2, -0.15) is 0 Å². The van der Waals surface area contributed by atoms with Crippen molar-refractivity contribution < 1.29 is 4.79 Å². The van der Waals surface area contributed by atoms with E-state index < -0.39 is 0 Å². The number of amides is 1. The molecule has 5 rings (SSSR count). The van der Waals surface area contributed by atoms with Gasteiger partial charge in [0.05, 0.1) is 10.4 Å². The van der Waals surface area contributed by atoms with E-state index in [0.717, 1.165) is 70.0 Å². The van der Waals surface area contributed by atoms with Crippen molar-refractivity contribution in [3.63, 3.8) is 0 Å². The van der Waals surface area contributed by atoms with Gasteiger partial charge >= 0.3 is 0 Å². The van der Waals surface area contributed by atoms with Gasteiger partial charge in [0.2, 0.25) is 0 Å². The van der Waals surface area contributed by atoms with Crippen molar-refractivity contribution >= 4 is 50.0 Å². The van der Waals surface area contributed by atoms with Crippen molar-refractivity contribution in [3.05, 3.63) is 75.6 Å². The van der Waals surface area contributed by atoms with Gasteiger partial charge in [0.25, 0.3) is 5.91 Å². The Labute approximate surface area is 197 Å². The number of likely N-dealkylation sites (tertiary alicyclic amines) is 1. The summed E-state index contributed by atoms with van der Waals surface area (Å²) in [6, 6.07) is 18.4. The fourth-order valence-corrected chi connectivity index (χ4v) is 5.58. The molecule has 1 aliphatic heterocycles. The fraction of sp³-hybridized carbons (Fsp3) is 0.308. The van der Waals surface area contributed by atoms with E-state index in [1.54, 1.807) is 0 Å². The van der Waals surface area contributed by atoms with E-state index in [1.165, 1.54) is 22.5 Å². The molecule has 6 heteroatoms. The van der Waals surface area contributed by atoms with E-state index in [1.807, 2.05) is 30.3 Å². The second kappa shape index (κ2) is 9.18. The minimum atomic E-state index is 0.00888. The van der Waals surface area contributed by atoms with Gasteiger partial charge < -0.3 is 5.32 Å². The maximum atomic E-state index is 12.8. The molecule has 4 nitrogen and oxygen atoms in total. The molecular formula is C26H26ClN3OS. The quantitative estimate of drug-likeness (QED) is 0.391. The molecule has 0 bridgehead atoms. The monoisotopic (exact) mass is 463 g/mol. The molecule has 32 heavy (non-hydrogen) atoms. The number of rotatable bonds is 5. The topological polar surface area (TPSA) is 45.2 Å². The predicted molar refractivity (Wildman–Crippen MR) is 134 cm³/mol. The number of aromatic nitrogens is 1. The van der Waals surface area contributed by atoms with Gasteiger partial charge in [0.1, 0.15) is 4.83 Å². The van der Waals surface area contributed by atoms with Gasteiger partial charge in [-0.15, -0.1) is 11.3 Å². The lowest BCUT2D eigenvalue weighted by atomic mass is 9.96. The van der Waals surface area contributed by atoms with E-state index in [2.05, 4.69) is 41.4 Å². The van der Waals surface area contributed by atoms with Crippen molar-refractivity contribution in [2.75, 3.05) is 19.6 Å². The van der Waals surface area contributed by atoms with Gasteiger partial charge in [-0.1, -0.05) is 35.4 Å². The Kier molecular flexibility index (Phi) is 6.13. The maximum absolute atomic E-state index is 12.8. The number of hydrogen-bond acceptors (Lipinski definition) is 4. The highest BCUT2D eigenvalue weighted by Crippen LogP contribution is 2.28. The Balaban J connectivity index is 1.16. The Morgan fingerprint density at radius 2 is 1.97 bits per heavy atom. The van der Waals surface area contributed by atoms with Crippen molar-refractivity contribution in [2.45, 2.75) is 26.3 Å². The first-order chi connectivity index (χ1) is 15.5. The number of fused-ring (bicyclic) bond motifs is 2. The molecule has 4 aromatic rings.